The van der Waals surface area contributed by atoms with Gasteiger partial charge in [0.15, 0.2) is 5.82 Å². The zero-order chi connectivity index (χ0) is 18.1. The van der Waals surface area contributed by atoms with Gasteiger partial charge in [0.25, 0.3) is 11.5 Å². The van der Waals surface area contributed by atoms with E-state index in [0.29, 0.717) is 17.1 Å². The van der Waals surface area contributed by atoms with E-state index >= 15 is 0 Å². The van der Waals surface area contributed by atoms with Crippen molar-refractivity contribution in [3.63, 3.8) is 0 Å². The van der Waals surface area contributed by atoms with Gasteiger partial charge in [-0.3, -0.25) is 14.3 Å². The van der Waals surface area contributed by atoms with Crippen LogP contribution in [0.2, 0.25) is 0 Å². The number of aryl methyl sites for hydroxylation is 1. The molecule has 0 aromatic carbocycles. The standard InChI is InChI=1S/C16H19N7O2/c1-9(12-7-17-22(4)10(12)2)19-16(25)13-8-18-23(11(13)3)14-5-6-15(24)21-20-14/h5-9H,1-4H3,(H,19,25)(H,21,24)/t9-/m1/s1. The molecular weight excluding hydrogens is 322 g/mol. The average molecular weight is 341 g/mol. The Hall–Kier alpha value is -3.23. The molecule has 25 heavy (non-hydrogen) atoms. The Kier molecular flexibility index (Phi) is 4.22. The van der Waals surface area contributed by atoms with Crippen LogP contribution < -0.4 is 10.9 Å². The number of H-pyrrole nitrogens is 1. The van der Waals surface area contributed by atoms with E-state index in [9.17, 15) is 9.59 Å². The second kappa shape index (κ2) is 6.34. The minimum absolute atomic E-state index is 0.185. The van der Waals surface area contributed by atoms with E-state index in [-0.39, 0.29) is 17.5 Å². The fraction of sp³-hybridized carbons (Fsp3) is 0.312. The summed E-state index contributed by atoms with van der Waals surface area (Å²) in [5, 5.41) is 17.6. The molecule has 3 heterocycles. The molecule has 0 bridgehead atoms. The van der Waals surface area contributed by atoms with E-state index in [1.807, 2.05) is 20.9 Å². The number of amides is 1. The van der Waals surface area contributed by atoms with Crippen molar-refractivity contribution in [3.05, 3.63) is 57.4 Å². The second-order valence-electron chi connectivity index (χ2n) is 5.84. The molecule has 0 unspecified atom stereocenters. The topological polar surface area (TPSA) is 110 Å². The van der Waals surface area contributed by atoms with Gasteiger partial charge in [0.1, 0.15) is 0 Å². The average Bonchev–Trinajstić information content (AvgIpc) is 3.12. The molecule has 1 amide bonds. The SMILES string of the molecule is Cc1c([C@@H](C)NC(=O)c2cnn(-c3ccc(=O)[nH]n3)c2C)cnn1C. The molecular formula is C16H19N7O2. The van der Waals surface area contributed by atoms with Crippen molar-refractivity contribution in [1.29, 1.82) is 0 Å². The first-order valence-corrected chi connectivity index (χ1v) is 7.78. The zero-order valence-electron chi connectivity index (χ0n) is 14.4. The number of nitrogens with one attached hydrogen (secondary N) is 2. The number of hydrogen-bond acceptors (Lipinski definition) is 5. The Morgan fingerprint density at radius 3 is 2.56 bits per heavy atom. The summed E-state index contributed by atoms with van der Waals surface area (Å²) in [6.07, 6.45) is 3.24. The van der Waals surface area contributed by atoms with Crippen LogP contribution in [0.15, 0.2) is 29.3 Å². The third-order valence-corrected chi connectivity index (χ3v) is 4.22. The van der Waals surface area contributed by atoms with Crippen LogP contribution in [0.25, 0.3) is 5.82 Å². The van der Waals surface area contributed by atoms with Crippen LogP contribution >= 0.6 is 0 Å². The Morgan fingerprint density at radius 2 is 1.96 bits per heavy atom. The van der Waals surface area contributed by atoms with Gasteiger partial charge in [-0.1, -0.05) is 0 Å². The summed E-state index contributed by atoms with van der Waals surface area (Å²) in [4.78, 5) is 23.7. The van der Waals surface area contributed by atoms with E-state index < -0.39 is 0 Å². The molecule has 0 saturated carbocycles. The molecule has 9 heteroatoms. The maximum absolute atomic E-state index is 12.6. The highest BCUT2D eigenvalue weighted by atomic mass is 16.1. The number of hydrogen-bond donors (Lipinski definition) is 2. The largest absolute Gasteiger partial charge is 0.345 e. The van der Waals surface area contributed by atoms with Gasteiger partial charge in [0.05, 0.1) is 29.7 Å². The summed E-state index contributed by atoms with van der Waals surface area (Å²) in [5.74, 6) is 0.205. The Morgan fingerprint density at radius 1 is 1.20 bits per heavy atom. The monoisotopic (exact) mass is 341 g/mol. The van der Waals surface area contributed by atoms with Crippen molar-refractivity contribution < 1.29 is 4.79 Å². The fourth-order valence-electron chi connectivity index (χ4n) is 2.61. The van der Waals surface area contributed by atoms with Crippen molar-refractivity contribution in [2.24, 2.45) is 7.05 Å². The Bertz CT molecular complexity index is 962. The molecule has 1 atom stereocenters. The van der Waals surface area contributed by atoms with E-state index in [4.69, 9.17) is 0 Å². The molecule has 0 aliphatic rings. The molecule has 130 valence electrons. The third kappa shape index (κ3) is 3.08. The minimum atomic E-state index is -0.299. The first kappa shape index (κ1) is 16.6. The predicted molar refractivity (Wildman–Crippen MR) is 90.5 cm³/mol. The highest BCUT2D eigenvalue weighted by molar-refractivity contribution is 5.95. The van der Waals surface area contributed by atoms with Crippen LogP contribution in [0, 0.1) is 13.8 Å². The van der Waals surface area contributed by atoms with E-state index in [1.54, 1.807) is 23.9 Å². The zero-order valence-corrected chi connectivity index (χ0v) is 14.4. The molecule has 2 N–H and O–H groups in total. The van der Waals surface area contributed by atoms with E-state index in [0.717, 1.165) is 11.3 Å². The quantitative estimate of drug-likeness (QED) is 0.729. The molecule has 0 fully saturated rings. The van der Waals surface area contributed by atoms with Crippen molar-refractivity contribution in [1.82, 2.24) is 35.1 Å². The lowest BCUT2D eigenvalue weighted by Gasteiger charge is -2.13. The van der Waals surface area contributed by atoms with Gasteiger partial charge >= 0.3 is 0 Å². The maximum atomic E-state index is 12.6. The number of carbonyl (C=O) groups is 1. The summed E-state index contributed by atoms with van der Waals surface area (Å²) in [5.41, 5.74) is 2.74. The fourth-order valence-corrected chi connectivity index (χ4v) is 2.61. The van der Waals surface area contributed by atoms with Gasteiger partial charge in [-0.25, -0.2) is 9.78 Å². The van der Waals surface area contributed by atoms with Crippen LogP contribution in [0.1, 0.15) is 40.3 Å². The number of aromatic amines is 1. The number of nitrogens with zero attached hydrogens (tertiary/aromatic N) is 5. The molecule has 0 spiro atoms. The molecule has 3 rings (SSSR count). The summed E-state index contributed by atoms with van der Waals surface area (Å²) in [6, 6.07) is 2.72. The lowest BCUT2D eigenvalue weighted by atomic mass is 10.1. The van der Waals surface area contributed by atoms with Gasteiger partial charge in [-0.05, 0) is 26.8 Å². The highest BCUT2D eigenvalue weighted by Gasteiger charge is 2.20. The first-order chi connectivity index (χ1) is 11.9. The summed E-state index contributed by atoms with van der Waals surface area (Å²) in [6.45, 7) is 5.63. The van der Waals surface area contributed by atoms with Crippen molar-refractivity contribution in [2.75, 3.05) is 0 Å². The Balaban J connectivity index is 1.82. The normalized spacial score (nSPS) is 12.2. The molecule has 9 nitrogen and oxygen atoms in total. The van der Waals surface area contributed by atoms with Gasteiger partial charge in [0.2, 0.25) is 0 Å². The van der Waals surface area contributed by atoms with Crippen LogP contribution in [0.3, 0.4) is 0 Å². The van der Waals surface area contributed by atoms with Crippen LogP contribution in [0.5, 0.6) is 0 Å². The smallest absolute Gasteiger partial charge is 0.264 e. The van der Waals surface area contributed by atoms with Crippen molar-refractivity contribution in [2.45, 2.75) is 26.8 Å². The molecule has 3 aromatic rings. The van der Waals surface area contributed by atoms with Gasteiger partial charge in [-0.15, -0.1) is 0 Å². The van der Waals surface area contributed by atoms with Crippen LogP contribution in [-0.2, 0) is 7.05 Å². The summed E-state index contributed by atoms with van der Waals surface area (Å²) in [7, 11) is 1.86. The van der Waals surface area contributed by atoms with Crippen molar-refractivity contribution >= 4 is 5.91 Å². The van der Waals surface area contributed by atoms with Crippen LogP contribution in [-0.4, -0.2) is 35.7 Å². The summed E-state index contributed by atoms with van der Waals surface area (Å²) >= 11 is 0. The van der Waals surface area contributed by atoms with Gasteiger partial charge < -0.3 is 5.32 Å². The minimum Gasteiger partial charge on any atom is -0.345 e. The molecule has 0 saturated heterocycles. The molecule has 0 radical (unpaired) electrons. The van der Waals surface area contributed by atoms with Crippen LogP contribution in [0.4, 0.5) is 0 Å². The van der Waals surface area contributed by atoms with E-state index in [1.165, 1.54) is 16.9 Å². The number of carbonyl (C=O) groups excluding carboxylic acids is 1. The molecule has 3 aromatic heterocycles. The molecule has 0 aliphatic carbocycles. The molecule has 0 aliphatic heterocycles. The number of rotatable bonds is 4. The first-order valence-electron chi connectivity index (χ1n) is 7.78. The van der Waals surface area contributed by atoms with E-state index in [2.05, 4.69) is 25.7 Å². The van der Waals surface area contributed by atoms with Gasteiger partial charge in [0, 0.05) is 24.4 Å². The lowest BCUT2D eigenvalue weighted by Crippen LogP contribution is -2.27. The highest BCUT2D eigenvalue weighted by Crippen LogP contribution is 2.18. The second-order valence-corrected chi connectivity index (χ2v) is 5.84. The number of aromatic nitrogens is 6. The maximum Gasteiger partial charge on any atom is 0.264 e. The summed E-state index contributed by atoms with van der Waals surface area (Å²) < 4.78 is 3.27. The lowest BCUT2D eigenvalue weighted by molar-refractivity contribution is 0.0939. The third-order valence-electron chi connectivity index (χ3n) is 4.22. The predicted octanol–water partition coefficient (Wildman–Crippen LogP) is 0.797. The van der Waals surface area contributed by atoms with Gasteiger partial charge in [-0.2, -0.15) is 15.3 Å². The van der Waals surface area contributed by atoms with Crippen molar-refractivity contribution in [3.8, 4) is 5.82 Å². The Labute approximate surface area is 143 Å².